The van der Waals surface area contributed by atoms with E-state index in [1.165, 1.54) is 45.3 Å². The monoisotopic (exact) mass is 648 g/mol. The molecule has 17 heteroatoms. The predicted octanol–water partition coefficient (Wildman–Crippen LogP) is 7.45. The summed E-state index contributed by atoms with van der Waals surface area (Å²) >= 11 is 6.58. The Labute approximate surface area is 257 Å². The normalized spacial score (nSPS) is 14.6. The number of rotatable bonds is 7. The van der Waals surface area contributed by atoms with E-state index in [0.29, 0.717) is 29.4 Å². The van der Waals surface area contributed by atoms with Crippen molar-refractivity contribution in [1.82, 2.24) is 19.7 Å². The Bertz CT molecular complexity index is 1840. The standard InChI is InChI=1S/C28H24ClF3N6O7/c1-27(2,3)45-26(41)37(25(39)40)20-7-16(6-17(30)24(20)38(42)43)44-21-5-4-18-23(22(21)29)35-19(11-33-18)15-10-34-36(13-15)12-14-8-28(31,32)9-14/h4-7,10-11,13-14H,8-9,12H2,1-3H3,(H,39,40). The predicted molar refractivity (Wildman–Crippen MR) is 153 cm³/mol. The number of carbonyl (C=O) groups is 2. The van der Waals surface area contributed by atoms with Gasteiger partial charge in [0, 0.05) is 43.3 Å². The molecule has 2 aromatic carbocycles. The SMILES string of the molecule is CC(C)(C)OC(=O)N(C(=O)O)c1cc(Oc2ccc3ncc(-c4cnn(CC5CC(F)(F)C5)c4)nc3c2Cl)cc(F)c1[N+](=O)[O-]. The molecule has 0 saturated heterocycles. The molecule has 1 aliphatic rings. The van der Waals surface area contributed by atoms with E-state index in [1.807, 2.05) is 0 Å². The largest absolute Gasteiger partial charge is 0.464 e. The van der Waals surface area contributed by atoms with Crippen LogP contribution in [-0.4, -0.2) is 53.5 Å². The third kappa shape index (κ3) is 6.74. The molecule has 2 aromatic heterocycles. The maximum absolute atomic E-state index is 15.0. The molecule has 45 heavy (non-hydrogen) atoms. The molecule has 5 rings (SSSR count). The second kappa shape index (κ2) is 11.5. The van der Waals surface area contributed by atoms with Crippen molar-refractivity contribution in [3.05, 3.63) is 63.8 Å². The molecule has 0 radical (unpaired) electrons. The van der Waals surface area contributed by atoms with Gasteiger partial charge in [0.2, 0.25) is 11.7 Å². The van der Waals surface area contributed by atoms with Gasteiger partial charge in [-0.25, -0.2) is 23.4 Å². The summed E-state index contributed by atoms with van der Waals surface area (Å²) in [4.78, 5) is 43.9. The summed E-state index contributed by atoms with van der Waals surface area (Å²) in [7, 11) is 0. The number of fused-ring (bicyclic) bond motifs is 1. The Morgan fingerprint density at radius 1 is 1.24 bits per heavy atom. The van der Waals surface area contributed by atoms with Crippen LogP contribution in [0.5, 0.6) is 11.5 Å². The third-order valence-corrected chi connectivity index (χ3v) is 6.97. The van der Waals surface area contributed by atoms with Crippen molar-refractivity contribution < 1.29 is 42.3 Å². The zero-order valence-corrected chi connectivity index (χ0v) is 24.6. The highest BCUT2D eigenvalue weighted by molar-refractivity contribution is 6.36. The molecule has 0 aliphatic heterocycles. The van der Waals surface area contributed by atoms with Crippen molar-refractivity contribution in [2.75, 3.05) is 4.90 Å². The summed E-state index contributed by atoms with van der Waals surface area (Å²) in [5.74, 6) is -4.87. The molecule has 2 heterocycles. The first kappa shape index (κ1) is 31.4. The van der Waals surface area contributed by atoms with Crippen LogP contribution in [0.3, 0.4) is 0 Å². The van der Waals surface area contributed by atoms with Gasteiger partial charge < -0.3 is 14.6 Å². The average Bonchev–Trinajstić information content (AvgIpc) is 3.36. The average molecular weight is 649 g/mol. The third-order valence-electron chi connectivity index (χ3n) is 6.60. The van der Waals surface area contributed by atoms with Crippen molar-refractivity contribution in [3.63, 3.8) is 0 Å². The van der Waals surface area contributed by atoms with Crippen LogP contribution in [0, 0.1) is 21.8 Å². The molecular formula is C28H24ClF3N6O7. The van der Waals surface area contributed by atoms with Gasteiger partial charge >= 0.3 is 17.9 Å². The molecule has 1 aliphatic carbocycles. The number of carboxylic acid groups (broad SMARTS) is 1. The molecule has 236 valence electrons. The molecule has 1 saturated carbocycles. The molecule has 13 nitrogen and oxygen atoms in total. The highest BCUT2D eigenvalue weighted by atomic mass is 35.5. The van der Waals surface area contributed by atoms with E-state index in [4.69, 9.17) is 21.1 Å². The number of nitro groups is 1. The van der Waals surface area contributed by atoms with E-state index in [2.05, 4.69) is 15.1 Å². The lowest BCUT2D eigenvalue weighted by Crippen LogP contribution is -2.40. The van der Waals surface area contributed by atoms with Gasteiger partial charge in [0.1, 0.15) is 33.3 Å². The minimum atomic E-state index is -2.64. The van der Waals surface area contributed by atoms with Crippen molar-refractivity contribution in [2.24, 2.45) is 5.92 Å². The smallest absolute Gasteiger partial charge is 0.424 e. The first-order valence-electron chi connectivity index (χ1n) is 13.3. The molecule has 0 atom stereocenters. The van der Waals surface area contributed by atoms with Crippen LogP contribution in [0.15, 0.2) is 42.9 Å². The van der Waals surface area contributed by atoms with Crippen LogP contribution < -0.4 is 9.64 Å². The maximum atomic E-state index is 15.0. The van der Waals surface area contributed by atoms with Crippen molar-refractivity contribution in [3.8, 4) is 22.8 Å². The lowest BCUT2D eigenvalue weighted by atomic mass is 9.81. The number of aromatic nitrogens is 4. The second-order valence-electron chi connectivity index (χ2n) is 11.3. The van der Waals surface area contributed by atoms with Gasteiger partial charge in [0.25, 0.3) is 0 Å². The van der Waals surface area contributed by atoms with E-state index in [-0.39, 0.29) is 39.9 Å². The fourth-order valence-corrected chi connectivity index (χ4v) is 4.94. The van der Waals surface area contributed by atoms with Crippen molar-refractivity contribution in [2.45, 2.75) is 51.7 Å². The number of nitrogens with zero attached hydrogens (tertiary/aromatic N) is 6. The fraction of sp³-hybridized carbons (Fsp3) is 0.321. The highest BCUT2D eigenvalue weighted by Crippen LogP contribution is 2.43. The van der Waals surface area contributed by atoms with E-state index < -0.39 is 51.6 Å². The summed E-state index contributed by atoms with van der Waals surface area (Å²) in [6, 6.07) is 4.27. The lowest BCUT2D eigenvalue weighted by Gasteiger charge is -2.34. The zero-order valence-electron chi connectivity index (χ0n) is 23.8. The number of halogens is 4. The molecule has 1 N–H and O–H groups in total. The number of carbonyl (C=O) groups excluding carboxylic acids is 1. The van der Waals surface area contributed by atoms with E-state index >= 15 is 4.39 Å². The number of ether oxygens (including phenoxy) is 2. The van der Waals surface area contributed by atoms with Crippen molar-refractivity contribution in [1.29, 1.82) is 0 Å². The zero-order chi connectivity index (χ0) is 32.8. The van der Waals surface area contributed by atoms with E-state index in [1.54, 1.807) is 10.9 Å². The number of nitro benzene ring substituents is 1. The number of alkyl halides is 2. The molecule has 0 spiro atoms. The summed E-state index contributed by atoms with van der Waals surface area (Å²) < 4.78 is 53.7. The Morgan fingerprint density at radius 3 is 2.58 bits per heavy atom. The number of hydrogen-bond acceptors (Lipinski definition) is 9. The summed E-state index contributed by atoms with van der Waals surface area (Å²) in [6.45, 7) is 4.65. The first-order chi connectivity index (χ1) is 21.0. The lowest BCUT2D eigenvalue weighted by molar-refractivity contribution is -0.386. The van der Waals surface area contributed by atoms with Gasteiger partial charge in [-0.15, -0.1) is 0 Å². The number of amides is 2. The van der Waals surface area contributed by atoms with Gasteiger partial charge in [0.05, 0.1) is 28.5 Å². The maximum Gasteiger partial charge on any atom is 0.424 e. The van der Waals surface area contributed by atoms with Gasteiger partial charge in [0.15, 0.2) is 0 Å². The number of anilines is 1. The number of hydrogen-bond donors (Lipinski definition) is 1. The van der Waals surface area contributed by atoms with Gasteiger partial charge in [-0.05, 0) is 38.8 Å². The Morgan fingerprint density at radius 2 is 1.96 bits per heavy atom. The van der Waals surface area contributed by atoms with Crippen LogP contribution in [-0.2, 0) is 11.3 Å². The van der Waals surface area contributed by atoms with Gasteiger partial charge in [-0.2, -0.15) is 14.4 Å². The van der Waals surface area contributed by atoms with Crippen molar-refractivity contribution >= 4 is 46.2 Å². The van der Waals surface area contributed by atoms with Crippen LogP contribution in [0.4, 0.5) is 34.1 Å². The number of benzene rings is 2. The van der Waals surface area contributed by atoms with Crippen LogP contribution in [0.25, 0.3) is 22.3 Å². The van der Waals surface area contributed by atoms with E-state index in [0.717, 1.165) is 6.07 Å². The first-order valence-corrected chi connectivity index (χ1v) is 13.7. The van der Waals surface area contributed by atoms with E-state index in [9.17, 15) is 33.6 Å². The highest BCUT2D eigenvalue weighted by Gasteiger charge is 2.45. The Hall–Kier alpha value is -4.99. The summed E-state index contributed by atoms with van der Waals surface area (Å²) in [5, 5.41) is 25.5. The summed E-state index contributed by atoms with van der Waals surface area (Å²) in [6.07, 6.45) is 0.728. The fourth-order valence-electron chi connectivity index (χ4n) is 4.70. The van der Waals surface area contributed by atoms with Gasteiger partial charge in [-0.3, -0.25) is 19.8 Å². The molecule has 2 amide bonds. The van der Waals surface area contributed by atoms with Crippen LogP contribution in [0.1, 0.15) is 33.6 Å². The van der Waals surface area contributed by atoms with Crippen LogP contribution >= 0.6 is 11.6 Å². The Kier molecular flexibility index (Phi) is 8.03. The molecule has 4 aromatic rings. The Balaban J connectivity index is 1.47. The molecule has 0 bridgehead atoms. The second-order valence-corrected chi connectivity index (χ2v) is 11.7. The van der Waals surface area contributed by atoms with Crippen LogP contribution in [0.2, 0.25) is 5.02 Å². The summed E-state index contributed by atoms with van der Waals surface area (Å²) in [5.41, 5.74) is -2.06. The molecule has 1 fully saturated rings. The minimum absolute atomic E-state index is 0.0894. The topological polar surface area (TPSA) is 163 Å². The van der Waals surface area contributed by atoms with Gasteiger partial charge in [-0.1, -0.05) is 11.6 Å². The molecule has 0 unspecified atom stereocenters. The number of imide groups is 1. The minimum Gasteiger partial charge on any atom is -0.464 e. The molecular weight excluding hydrogens is 625 g/mol. The quantitative estimate of drug-likeness (QED) is 0.157.